The zero-order chi connectivity index (χ0) is 15.8. The van der Waals surface area contributed by atoms with Crippen molar-refractivity contribution in [1.82, 2.24) is 9.80 Å². The largest absolute Gasteiger partial charge is 0.340 e. The lowest BCUT2D eigenvalue weighted by Crippen LogP contribution is -2.51. The van der Waals surface area contributed by atoms with Crippen LogP contribution in [0, 0.1) is 5.41 Å². The molecule has 0 spiro atoms. The highest BCUT2D eigenvalue weighted by atomic mass is 35.5. The number of halogens is 2. The van der Waals surface area contributed by atoms with Gasteiger partial charge < -0.3 is 4.90 Å². The maximum Gasteiger partial charge on any atom is 0.231 e. The normalized spacial score (nSPS) is 27.7. The van der Waals surface area contributed by atoms with Crippen LogP contribution in [-0.2, 0) is 11.2 Å². The van der Waals surface area contributed by atoms with Gasteiger partial charge in [0.25, 0.3) is 0 Å². The number of nitrogens with zero attached hydrogens (tertiary/aromatic N) is 2. The van der Waals surface area contributed by atoms with Gasteiger partial charge in [0.1, 0.15) is 4.33 Å². The van der Waals surface area contributed by atoms with E-state index in [4.69, 9.17) is 23.2 Å². The summed E-state index contributed by atoms with van der Waals surface area (Å²) in [6, 6.07) is 10.5. The summed E-state index contributed by atoms with van der Waals surface area (Å²) in [6.45, 7) is 6.30. The van der Waals surface area contributed by atoms with Crippen molar-refractivity contribution in [2.24, 2.45) is 5.41 Å². The molecule has 2 aliphatic rings. The average Bonchev–Trinajstić information content (AvgIpc) is 3.06. The minimum Gasteiger partial charge on any atom is -0.340 e. The maximum absolute atomic E-state index is 12.5. The highest BCUT2D eigenvalue weighted by molar-refractivity contribution is 6.53. The first-order chi connectivity index (χ1) is 10.4. The molecule has 22 heavy (non-hydrogen) atoms. The van der Waals surface area contributed by atoms with E-state index < -0.39 is 9.75 Å². The lowest BCUT2D eigenvalue weighted by Gasteiger charge is -2.36. The van der Waals surface area contributed by atoms with E-state index in [1.54, 1.807) is 0 Å². The maximum atomic E-state index is 12.5. The number of piperazine rings is 1. The number of alkyl halides is 2. The van der Waals surface area contributed by atoms with Crippen LogP contribution in [0.4, 0.5) is 0 Å². The van der Waals surface area contributed by atoms with E-state index in [9.17, 15) is 4.79 Å². The number of hydrogen-bond donors (Lipinski definition) is 0. The number of rotatable bonds is 4. The molecule has 1 amide bonds. The Bertz CT molecular complexity index is 541. The summed E-state index contributed by atoms with van der Waals surface area (Å²) in [6.07, 6.45) is 1.62. The summed E-state index contributed by atoms with van der Waals surface area (Å²) >= 11 is 12.2. The lowest BCUT2D eigenvalue weighted by molar-refractivity contribution is -0.138. The average molecular weight is 341 g/mol. The van der Waals surface area contributed by atoms with E-state index >= 15 is 0 Å². The molecule has 3 rings (SSSR count). The van der Waals surface area contributed by atoms with Gasteiger partial charge in [0, 0.05) is 32.7 Å². The Kier molecular flexibility index (Phi) is 4.41. The molecule has 1 aliphatic carbocycles. The van der Waals surface area contributed by atoms with Crippen LogP contribution in [0.3, 0.4) is 0 Å². The first-order valence-electron chi connectivity index (χ1n) is 7.86. The van der Waals surface area contributed by atoms with E-state index in [1.165, 1.54) is 5.56 Å². The van der Waals surface area contributed by atoms with Crippen LogP contribution in [0.5, 0.6) is 0 Å². The van der Waals surface area contributed by atoms with Gasteiger partial charge in [0.2, 0.25) is 5.91 Å². The highest BCUT2D eigenvalue weighted by Gasteiger charge is 2.68. The van der Waals surface area contributed by atoms with Gasteiger partial charge in [-0.3, -0.25) is 9.69 Å². The predicted octanol–water partition coefficient (Wildman–Crippen LogP) is 2.96. The lowest BCUT2D eigenvalue weighted by atomic mass is 10.1. The second kappa shape index (κ2) is 6.03. The third-order valence-electron chi connectivity index (χ3n) is 4.95. The van der Waals surface area contributed by atoms with Crippen LogP contribution in [-0.4, -0.2) is 52.8 Å². The molecule has 1 aliphatic heterocycles. The molecule has 0 aromatic heterocycles. The van der Waals surface area contributed by atoms with Gasteiger partial charge >= 0.3 is 0 Å². The van der Waals surface area contributed by atoms with E-state index in [-0.39, 0.29) is 5.91 Å². The molecule has 0 N–H and O–H groups in total. The van der Waals surface area contributed by atoms with E-state index in [0.29, 0.717) is 6.42 Å². The summed E-state index contributed by atoms with van der Waals surface area (Å²) < 4.78 is -0.867. The highest BCUT2D eigenvalue weighted by Crippen LogP contribution is 2.64. The molecular weight excluding hydrogens is 319 g/mol. The van der Waals surface area contributed by atoms with Gasteiger partial charge in [-0.05, 0) is 25.3 Å². The van der Waals surface area contributed by atoms with E-state index in [2.05, 4.69) is 29.2 Å². The van der Waals surface area contributed by atoms with Crippen molar-refractivity contribution < 1.29 is 4.79 Å². The van der Waals surface area contributed by atoms with Crippen LogP contribution < -0.4 is 0 Å². The standard InChI is InChI=1S/C17H22Cl2N2O/c1-16(13-17(16,18)19)15(22)21-11-9-20(10-12-21)8-7-14-5-3-2-4-6-14/h2-6H,7-13H2,1H3/t16-/m1/s1. The predicted molar refractivity (Wildman–Crippen MR) is 90.3 cm³/mol. The van der Waals surface area contributed by atoms with Crippen LogP contribution in [0.2, 0.25) is 0 Å². The van der Waals surface area contributed by atoms with Crippen molar-refractivity contribution in [3.05, 3.63) is 35.9 Å². The second-order valence-corrected chi connectivity index (χ2v) is 8.07. The molecule has 120 valence electrons. The molecule has 1 saturated carbocycles. The van der Waals surface area contributed by atoms with Crippen molar-refractivity contribution >= 4 is 29.1 Å². The van der Waals surface area contributed by atoms with E-state index in [1.807, 2.05) is 17.9 Å². The topological polar surface area (TPSA) is 23.6 Å². The fourth-order valence-corrected chi connectivity index (χ4v) is 3.78. The van der Waals surface area contributed by atoms with Crippen LogP contribution in [0.1, 0.15) is 18.9 Å². The summed E-state index contributed by atoms with van der Waals surface area (Å²) in [5.41, 5.74) is 0.781. The number of carbonyl (C=O) groups is 1. The molecule has 0 unspecified atom stereocenters. The molecule has 1 saturated heterocycles. The quantitative estimate of drug-likeness (QED) is 0.786. The minimum absolute atomic E-state index is 0.111. The third-order valence-corrected chi connectivity index (χ3v) is 6.05. The molecular formula is C17H22Cl2N2O. The summed E-state index contributed by atoms with van der Waals surface area (Å²) in [4.78, 5) is 16.9. The fourth-order valence-electron chi connectivity index (χ4n) is 3.09. The van der Waals surface area contributed by atoms with Gasteiger partial charge in [0.05, 0.1) is 5.41 Å². The van der Waals surface area contributed by atoms with Crippen LogP contribution >= 0.6 is 23.2 Å². The van der Waals surface area contributed by atoms with Crippen molar-refractivity contribution in [3.63, 3.8) is 0 Å². The Morgan fingerprint density at radius 2 is 1.73 bits per heavy atom. The Balaban J connectivity index is 1.46. The molecule has 1 heterocycles. The monoisotopic (exact) mass is 340 g/mol. The second-order valence-electron chi connectivity index (χ2n) is 6.58. The van der Waals surface area contributed by atoms with Gasteiger partial charge in [-0.25, -0.2) is 0 Å². The smallest absolute Gasteiger partial charge is 0.231 e. The zero-order valence-corrected chi connectivity index (χ0v) is 14.4. The van der Waals surface area contributed by atoms with Crippen LogP contribution in [0.15, 0.2) is 30.3 Å². The molecule has 1 atom stereocenters. The van der Waals surface area contributed by atoms with Crippen LogP contribution in [0.25, 0.3) is 0 Å². The molecule has 0 radical (unpaired) electrons. The molecule has 1 aromatic carbocycles. The van der Waals surface area contributed by atoms with Gasteiger partial charge in [0.15, 0.2) is 0 Å². The van der Waals surface area contributed by atoms with Crippen molar-refractivity contribution in [2.75, 3.05) is 32.7 Å². The minimum atomic E-state index is -0.867. The Morgan fingerprint density at radius 1 is 1.14 bits per heavy atom. The SMILES string of the molecule is C[C@]1(C(=O)N2CCN(CCc3ccccc3)CC2)CC1(Cl)Cl. The Morgan fingerprint density at radius 3 is 2.27 bits per heavy atom. The Hall–Kier alpha value is -0.770. The molecule has 3 nitrogen and oxygen atoms in total. The van der Waals surface area contributed by atoms with Gasteiger partial charge in [-0.2, -0.15) is 0 Å². The first kappa shape index (κ1) is 16.1. The first-order valence-corrected chi connectivity index (χ1v) is 8.61. The third kappa shape index (κ3) is 3.12. The summed E-state index contributed by atoms with van der Waals surface area (Å²) in [5.74, 6) is 0.111. The summed E-state index contributed by atoms with van der Waals surface area (Å²) in [7, 11) is 0. The molecule has 5 heteroatoms. The van der Waals surface area contributed by atoms with Crippen molar-refractivity contribution in [1.29, 1.82) is 0 Å². The van der Waals surface area contributed by atoms with Gasteiger partial charge in [-0.15, -0.1) is 23.2 Å². The van der Waals surface area contributed by atoms with E-state index in [0.717, 1.165) is 39.1 Å². The van der Waals surface area contributed by atoms with Crippen molar-refractivity contribution in [3.8, 4) is 0 Å². The Labute approximate surface area is 142 Å². The molecule has 2 fully saturated rings. The zero-order valence-electron chi connectivity index (χ0n) is 12.9. The number of amides is 1. The molecule has 0 bridgehead atoms. The number of benzene rings is 1. The molecule has 1 aromatic rings. The van der Waals surface area contributed by atoms with Crippen molar-refractivity contribution in [2.45, 2.75) is 24.1 Å². The number of hydrogen-bond acceptors (Lipinski definition) is 2. The van der Waals surface area contributed by atoms with Gasteiger partial charge in [-0.1, -0.05) is 30.3 Å². The fraction of sp³-hybridized carbons (Fsp3) is 0.588. The number of carbonyl (C=O) groups excluding carboxylic acids is 1. The summed E-state index contributed by atoms with van der Waals surface area (Å²) in [5, 5.41) is 0.